The monoisotopic (exact) mass is 526 g/mol. The van der Waals surface area contributed by atoms with Crippen molar-refractivity contribution < 1.29 is 63.5 Å². The number of benzene rings is 1. The van der Waals surface area contributed by atoms with Crippen LogP contribution in [0.25, 0.3) is 0 Å². The van der Waals surface area contributed by atoms with Crippen molar-refractivity contribution in [2.24, 2.45) is 11.8 Å². The molecule has 4 aliphatic rings. The fraction of sp³-hybridized carbons (Fsp3) is 0.625. The molecule has 5 N–H and O–H groups in total. The second-order valence-corrected chi connectivity index (χ2v) is 9.36. The topological polar surface area (TPSA) is 186 Å². The third-order valence-electron chi connectivity index (χ3n) is 7.46. The zero-order chi connectivity index (χ0) is 26.5. The summed E-state index contributed by atoms with van der Waals surface area (Å²) in [6.07, 6.45) is -7.02. The van der Waals surface area contributed by atoms with Crippen molar-refractivity contribution in [1.82, 2.24) is 0 Å². The van der Waals surface area contributed by atoms with Gasteiger partial charge in [0.2, 0.25) is 6.29 Å². The molecule has 3 aliphatic heterocycles. The van der Waals surface area contributed by atoms with Crippen molar-refractivity contribution in [1.29, 1.82) is 0 Å². The number of hydrogen-bond acceptors (Lipinski definition) is 13. The summed E-state index contributed by atoms with van der Waals surface area (Å²) in [7, 11) is 2.93. The summed E-state index contributed by atoms with van der Waals surface area (Å²) in [5.74, 6) is -1.00. The Hall–Kier alpha value is -2.49. The molecule has 13 heteroatoms. The molecule has 1 aliphatic carbocycles. The molecule has 0 aromatic heterocycles. The van der Waals surface area contributed by atoms with Gasteiger partial charge in [0, 0.05) is 5.92 Å². The van der Waals surface area contributed by atoms with E-state index in [1.54, 1.807) is 12.1 Å². The van der Waals surface area contributed by atoms with Gasteiger partial charge in [0.15, 0.2) is 17.8 Å². The summed E-state index contributed by atoms with van der Waals surface area (Å²) in [6, 6.07) is 4.61. The molecule has 2 saturated heterocycles. The van der Waals surface area contributed by atoms with Gasteiger partial charge >= 0.3 is 5.97 Å². The first kappa shape index (κ1) is 26.1. The van der Waals surface area contributed by atoms with Crippen LogP contribution in [-0.2, 0) is 23.7 Å². The zero-order valence-corrected chi connectivity index (χ0v) is 20.1. The molecule has 13 nitrogen and oxygen atoms in total. The van der Waals surface area contributed by atoms with Crippen LogP contribution in [0.5, 0.6) is 11.5 Å². The van der Waals surface area contributed by atoms with Crippen molar-refractivity contribution >= 4 is 5.97 Å². The average Bonchev–Trinajstić information content (AvgIpc) is 3.60. The maximum atomic E-state index is 13.0. The van der Waals surface area contributed by atoms with Crippen LogP contribution in [0.2, 0.25) is 0 Å². The Morgan fingerprint density at radius 2 is 1.78 bits per heavy atom. The fourth-order valence-corrected chi connectivity index (χ4v) is 5.44. The highest BCUT2D eigenvalue weighted by Crippen LogP contribution is 2.60. The second-order valence-electron chi connectivity index (χ2n) is 9.36. The van der Waals surface area contributed by atoms with Gasteiger partial charge in [0.1, 0.15) is 42.2 Å². The predicted octanol–water partition coefficient (Wildman–Crippen LogP) is -1.71. The number of hydrogen-bond donors (Lipinski definition) is 5. The smallest absolute Gasteiger partial charge is 0.338 e. The molecule has 0 bridgehead atoms. The number of epoxide rings is 1. The Kier molecular flexibility index (Phi) is 7.06. The molecule has 0 unspecified atom stereocenters. The largest absolute Gasteiger partial charge is 0.493 e. The summed E-state index contributed by atoms with van der Waals surface area (Å²) in [4.78, 5) is 13.0. The van der Waals surface area contributed by atoms with E-state index in [-0.39, 0.29) is 5.56 Å². The van der Waals surface area contributed by atoms with Crippen LogP contribution in [0.1, 0.15) is 10.4 Å². The Labute approximate surface area is 211 Å². The van der Waals surface area contributed by atoms with Crippen molar-refractivity contribution in [3.05, 3.63) is 36.1 Å². The molecule has 1 aromatic carbocycles. The first-order chi connectivity index (χ1) is 17.8. The summed E-state index contributed by atoms with van der Waals surface area (Å²) in [6.45, 7) is -1.04. The van der Waals surface area contributed by atoms with Crippen LogP contribution in [-0.4, -0.2) is 114 Å². The summed E-state index contributed by atoms with van der Waals surface area (Å²) < 4.78 is 39.0. The molecule has 0 radical (unpaired) electrons. The molecular formula is C24H30O13. The van der Waals surface area contributed by atoms with E-state index in [2.05, 4.69) is 0 Å². The van der Waals surface area contributed by atoms with Crippen LogP contribution >= 0.6 is 0 Å². The highest BCUT2D eigenvalue weighted by Gasteiger charge is 2.77. The van der Waals surface area contributed by atoms with Crippen LogP contribution in [0, 0.1) is 11.8 Å². The molecule has 5 rings (SSSR count). The van der Waals surface area contributed by atoms with E-state index < -0.39 is 85.8 Å². The van der Waals surface area contributed by atoms with Gasteiger partial charge in [-0.25, -0.2) is 4.79 Å². The SMILES string of the molecule is COc1ccc(C(=O)O[C@@H]2[C@H]3C=CO[C@H](O[C@H]4O[C@H](CO)[C@H](O)[C@@H](O)[C@H]4O)[C@H]3[C@@]3(CO)O[C@@H]23)cc1OC. The van der Waals surface area contributed by atoms with Gasteiger partial charge in [0.05, 0.1) is 45.2 Å². The van der Waals surface area contributed by atoms with Crippen LogP contribution in [0.15, 0.2) is 30.5 Å². The summed E-state index contributed by atoms with van der Waals surface area (Å²) in [5.41, 5.74) is -0.918. The number of methoxy groups -OCH3 is 2. The lowest BCUT2D eigenvalue weighted by Gasteiger charge is -2.43. The van der Waals surface area contributed by atoms with Gasteiger partial charge in [0.25, 0.3) is 0 Å². The van der Waals surface area contributed by atoms with E-state index in [1.807, 2.05) is 0 Å². The lowest BCUT2D eigenvalue weighted by atomic mass is 9.85. The van der Waals surface area contributed by atoms with Crippen molar-refractivity contribution in [3.8, 4) is 11.5 Å². The lowest BCUT2D eigenvalue weighted by Crippen LogP contribution is -2.60. The van der Waals surface area contributed by atoms with Gasteiger partial charge in [-0.3, -0.25) is 0 Å². The van der Waals surface area contributed by atoms with Gasteiger partial charge in [-0.2, -0.15) is 0 Å². The zero-order valence-electron chi connectivity index (χ0n) is 20.1. The standard InChI is InChI=1S/C24H30O13/c1-31-12-4-3-10(7-13(12)32-2)21(30)35-19-11-5-6-33-22(15(11)24(9-26)20(19)37-24)36-23-18(29)17(28)16(27)14(8-25)34-23/h3-7,11,14-20,22-23,25-29H,8-9H2,1-2H3/t11-,14+,15-,16-,17+,18+,19+,20-,22+,23+,24+/m0/s1. The average molecular weight is 526 g/mol. The number of carbonyl (C=O) groups excluding carboxylic acids is 1. The van der Waals surface area contributed by atoms with Crippen molar-refractivity contribution in [2.45, 2.75) is 54.8 Å². The summed E-state index contributed by atoms with van der Waals surface area (Å²) in [5, 5.41) is 50.2. The van der Waals surface area contributed by atoms with Gasteiger partial charge in [-0.1, -0.05) is 0 Å². The second kappa shape index (κ2) is 10.0. The first-order valence-corrected chi connectivity index (χ1v) is 11.8. The number of ether oxygens (including phenoxy) is 7. The summed E-state index contributed by atoms with van der Waals surface area (Å²) >= 11 is 0. The molecular weight excluding hydrogens is 496 g/mol. The number of aliphatic hydroxyl groups is 5. The molecule has 3 heterocycles. The molecule has 1 saturated carbocycles. The lowest BCUT2D eigenvalue weighted by molar-refractivity contribution is -0.344. The van der Waals surface area contributed by atoms with E-state index in [0.717, 1.165) is 0 Å². The Morgan fingerprint density at radius 1 is 1.03 bits per heavy atom. The highest BCUT2D eigenvalue weighted by atomic mass is 16.8. The van der Waals surface area contributed by atoms with Gasteiger partial charge in [-0.15, -0.1) is 0 Å². The van der Waals surface area contributed by atoms with E-state index in [4.69, 9.17) is 33.2 Å². The number of aliphatic hydroxyl groups excluding tert-OH is 5. The van der Waals surface area contributed by atoms with E-state index in [1.165, 1.54) is 32.6 Å². The van der Waals surface area contributed by atoms with Gasteiger partial charge < -0.3 is 58.7 Å². The van der Waals surface area contributed by atoms with E-state index in [0.29, 0.717) is 11.5 Å². The van der Waals surface area contributed by atoms with Crippen LogP contribution < -0.4 is 9.47 Å². The fourth-order valence-electron chi connectivity index (χ4n) is 5.44. The van der Waals surface area contributed by atoms with Crippen molar-refractivity contribution in [2.75, 3.05) is 27.4 Å². The quantitative estimate of drug-likeness (QED) is 0.191. The van der Waals surface area contributed by atoms with Crippen molar-refractivity contribution in [3.63, 3.8) is 0 Å². The third kappa shape index (κ3) is 4.25. The number of fused-ring (bicyclic) bond motifs is 3. The Balaban J connectivity index is 1.34. The molecule has 3 fully saturated rings. The minimum Gasteiger partial charge on any atom is -0.493 e. The predicted molar refractivity (Wildman–Crippen MR) is 119 cm³/mol. The molecule has 1 aromatic rings. The molecule has 37 heavy (non-hydrogen) atoms. The van der Waals surface area contributed by atoms with E-state index in [9.17, 15) is 30.3 Å². The molecule has 11 atom stereocenters. The first-order valence-electron chi connectivity index (χ1n) is 11.8. The number of carbonyl (C=O) groups is 1. The van der Waals surface area contributed by atoms with E-state index >= 15 is 0 Å². The number of rotatable bonds is 8. The third-order valence-corrected chi connectivity index (χ3v) is 7.46. The number of esters is 1. The van der Waals surface area contributed by atoms with Crippen LogP contribution in [0.4, 0.5) is 0 Å². The highest BCUT2D eigenvalue weighted by molar-refractivity contribution is 5.90. The molecule has 204 valence electrons. The van der Waals surface area contributed by atoms with Crippen LogP contribution in [0.3, 0.4) is 0 Å². The normalized spacial score (nSPS) is 41.8. The van der Waals surface area contributed by atoms with Gasteiger partial charge in [-0.05, 0) is 24.3 Å². The minimum absolute atomic E-state index is 0.224. The maximum absolute atomic E-state index is 13.0. The maximum Gasteiger partial charge on any atom is 0.338 e. The minimum atomic E-state index is -1.65. The molecule has 0 spiro atoms. The molecule has 0 amide bonds. The Bertz CT molecular complexity index is 1030. The Morgan fingerprint density at radius 3 is 2.46 bits per heavy atom.